The molecule has 1 rings (SSSR count). The van der Waals surface area contributed by atoms with Gasteiger partial charge < -0.3 is 5.32 Å². The molecule has 0 saturated carbocycles. The lowest BCUT2D eigenvalue weighted by Crippen LogP contribution is -2.24. The van der Waals surface area contributed by atoms with Crippen molar-refractivity contribution in [2.75, 3.05) is 0 Å². The van der Waals surface area contributed by atoms with E-state index in [1.807, 2.05) is 24.3 Å². The number of nitrogens with one attached hydrogen (secondary N) is 1. The van der Waals surface area contributed by atoms with Crippen LogP contribution >= 0.6 is 0 Å². The minimum absolute atomic E-state index is 0.528. The third-order valence-corrected chi connectivity index (χ3v) is 2.32. The molecule has 0 aliphatic heterocycles. The van der Waals surface area contributed by atoms with Crippen LogP contribution in [0.15, 0.2) is 24.3 Å². The first kappa shape index (κ1) is 10.7. The standard InChI is InChI=1S/C12H16N2/c1-3-10(2)14-9-12-6-4-5-11(7-12)8-13/h4-7,10,14H,3,9H2,1-2H3. The van der Waals surface area contributed by atoms with Crippen molar-refractivity contribution >= 4 is 0 Å². The average Bonchev–Trinajstić information content (AvgIpc) is 2.26. The molecule has 1 N–H and O–H groups in total. The minimum atomic E-state index is 0.528. The fraction of sp³-hybridized carbons (Fsp3) is 0.417. The van der Waals surface area contributed by atoms with Gasteiger partial charge in [-0.25, -0.2) is 0 Å². The Labute approximate surface area is 85.6 Å². The number of nitrogens with zero attached hydrogens (tertiary/aromatic N) is 1. The maximum absolute atomic E-state index is 8.72. The Morgan fingerprint density at radius 1 is 1.50 bits per heavy atom. The molecule has 0 bridgehead atoms. The van der Waals surface area contributed by atoms with Crippen molar-refractivity contribution in [3.63, 3.8) is 0 Å². The van der Waals surface area contributed by atoms with E-state index in [0.29, 0.717) is 6.04 Å². The third kappa shape index (κ3) is 3.20. The molecular formula is C12H16N2. The van der Waals surface area contributed by atoms with Crippen molar-refractivity contribution in [3.8, 4) is 6.07 Å². The SMILES string of the molecule is CCC(C)NCc1cccc(C#N)c1. The Kier molecular flexibility index (Phi) is 4.15. The Morgan fingerprint density at radius 2 is 2.29 bits per heavy atom. The van der Waals surface area contributed by atoms with Crippen LogP contribution in [0.3, 0.4) is 0 Å². The summed E-state index contributed by atoms with van der Waals surface area (Å²) in [4.78, 5) is 0. The molecule has 1 atom stereocenters. The highest BCUT2D eigenvalue weighted by atomic mass is 14.9. The summed E-state index contributed by atoms with van der Waals surface area (Å²) in [7, 11) is 0. The summed E-state index contributed by atoms with van der Waals surface area (Å²) >= 11 is 0. The predicted molar refractivity (Wildman–Crippen MR) is 57.7 cm³/mol. The van der Waals surface area contributed by atoms with Gasteiger partial charge in [0.25, 0.3) is 0 Å². The van der Waals surface area contributed by atoms with E-state index in [0.717, 1.165) is 18.5 Å². The van der Waals surface area contributed by atoms with Crippen molar-refractivity contribution in [3.05, 3.63) is 35.4 Å². The van der Waals surface area contributed by atoms with Crippen LogP contribution < -0.4 is 5.32 Å². The van der Waals surface area contributed by atoms with E-state index in [1.165, 1.54) is 5.56 Å². The summed E-state index contributed by atoms with van der Waals surface area (Å²) in [5.41, 5.74) is 1.90. The van der Waals surface area contributed by atoms with Gasteiger partial charge in [0.2, 0.25) is 0 Å². The Balaban J connectivity index is 2.55. The average molecular weight is 188 g/mol. The second-order valence-electron chi connectivity index (χ2n) is 3.50. The summed E-state index contributed by atoms with van der Waals surface area (Å²) in [5, 5.41) is 12.1. The predicted octanol–water partition coefficient (Wildman–Crippen LogP) is 2.45. The van der Waals surface area contributed by atoms with Crippen molar-refractivity contribution in [2.24, 2.45) is 0 Å². The lowest BCUT2D eigenvalue weighted by atomic mass is 10.1. The molecule has 1 aromatic rings. The molecule has 2 nitrogen and oxygen atoms in total. The van der Waals surface area contributed by atoms with Crippen molar-refractivity contribution in [2.45, 2.75) is 32.9 Å². The van der Waals surface area contributed by atoms with Gasteiger partial charge in [0.05, 0.1) is 11.6 Å². The van der Waals surface area contributed by atoms with Gasteiger partial charge in [-0.2, -0.15) is 5.26 Å². The van der Waals surface area contributed by atoms with E-state index >= 15 is 0 Å². The van der Waals surface area contributed by atoms with E-state index in [-0.39, 0.29) is 0 Å². The maximum Gasteiger partial charge on any atom is 0.0991 e. The molecule has 0 heterocycles. The van der Waals surface area contributed by atoms with Gasteiger partial charge in [0, 0.05) is 12.6 Å². The quantitative estimate of drug-likeness (QED) is 0.787. The largest absolute Gasteiger partial charge is 0.310 e. The number of rotatable bonds is 4. The second-order valence-corrected chi connectivity index (χ2v) is 3.50. The number of benzene rings is 1. The molecule has 14 heavy (non-hydrogen) atoms. The van der Waals surface area contributed by atoms with Crippen LogP contribution in [-0.4, -0.2) is 6.04 Å². The number of hydrogen-bond donors (Lipinski definition) is 1. The highest BCUT2D eigenvalue weighted by Crippen LogP contribution is 2.04. The van der Waals surface area contributed by atoms with Gasteiger partial charge in [-0.1, -0.05) is 19.1 Å². The molecule has 74 valence electrons. The Hall–Kier alpha value is -1.33. The highest BCUT2D eigenvalue weighted by Gasteiger charge is 1.98. The Morgan fingerprint density at radius 3 is 2.93 bits per heavy atom. The molecule has 0 saturated heterocycles. The topological polar surface area (TPSA) is 35.8 Å². The van der Waals surface area contributed by atoms with Gasteiger partial charge in [-0.15, -0.1) is 0 Å². The minimum Gasteiger partial charge on any atom is -0.310 e. The zero-order valence-corrected chi connectivity index (χ0v) is 8.75. The van der Waals surface area contributed by atoms with Gasteiger partial charge in [-0.05, 0) is 31.0 Å². The summed E-state index contributed by atoms with van der Waals surface area (Å²) in [6.07, 6.45) is 1.12. The molecule has 1 unspecified atom stereocenters. The van der Waals surface area contributed by atoms with E-state index in [1.54, 1.807) is 0 Å². The van der Waals surface area contributed by atoms with Crippen molar-refractivity contribution in [1.82, 2.24) is 5.32 Å². The van der Waals surface area contributed by atoms with Gasteiger partial charge in [-0.3, -0.25) is 0 Å². The molecule has 0 aromatic heterocycles. The summed E-state index contributed by atoms with van der Waals surface area (Å²) in [6, 6.07) is 10.4. The fourth-order valence-corrected chi connectivity index (χ4v) is 1.19. The normalized spacial score (nSPS) is 12.1. The van der Waals surface area contributed by atoms with Crippen LogP contribution in [0.1, 0.15) is 31.4 Å². The van der Waals surface area contributed by atoms with Crippen LogP contribution in [0.2, 0.25) is 0 Å². The van der Waals surface area contributed by atoms with E-state index < -0.39 is 0 Å². The van der Waals surface area contributed by atoms with Crippen LogP contribution in [0.4, 0.5) is 0 Å². The lowest BCUT2D eigenvalue weighted by Gasteiger charge is -2.10. The molecule has 0 fully saturated rings. The van der Waals surface area contributed by atoms with Crippen LogP contribution in [0.25, 0.3) is 0 Å². The molecule has 0 aliphatic rings. The molecule has 2 heteroatoms. The first-order valence-electron chi connectivity index (χ1n) is 4.98. The Bertz CT molecular complexity index is 325. The number of nitriles is 1. The highest BCUT2D eigenvalue weighted by molar-refractivity contribution is 5.32. The number of hydrogen-bond acceptors (Lipinski definition) is 2. The second kappa shape index (κ2) is 5.41. The summed E-state index contributed by atoms with van der Waals surface area (Å²) < 4.78 is 0. The molecule has 0 aliphatic carbocycles. The monoisotopic (exact) mass is 188 g/mol. The van der Waals surface area contributed by atoms with Crippen LogP contribution in [0.5, 0.6) is 0 Å². The first-order valence-corrected chi connectivity index (χ1v) is 4.98. The zero-order valence-electron chi connectivity index (χ0n) is 8.75. The van der Waals surface area contributed by atoms with Gasteiger partial charge in [0.1, 0.15) is 0 Å². The molecule has 1 aromatic carbocycles. The van der Waals surface area contributed by atoms with Gasteiger partial charge >= 0.3 is 0 Å². The zero-order chi connectivity index (χ0) is 10.4. The first-order chi connectivity index (χ1) is 6.76. The maximum atomic E-state index is 8.72. The third-order valence-electron chi connectivity index (χ3n) is 2.32. The van der Waals surface area contributed by atoms with E-state index in [4.69, 9.17) is 5.26 Å². The molecular weight excluding hydrogens is 172 g/mol. The lowest BCUT2D eigenvalue weighted by molar-refractivity contribution is 0.534. The fourth-order valence-electron chi connectivity index (χ4n) is 1.19. The summed E-state index contributed by atoms with van der Waals surface area (Å²) in [5.74, 6) is 0. The molecule has 0 spiro atoms. The molecule has 0 radical (unpaired) electrons. The van der Waals surface area contributed by atoms with Crippen LogP contribution in [0, 0.1) is 11.3 Å². The smallest absolute Gasteiger partial charge is 0.0991 e. The van der Waals surface area contributed by atoms with Crippen molar-refractivity contribution < 1.29 is 0 Å². The van der Waals surface area contributed by atoms with E-state index in [9.17, 15) is 0 Å². The van der Waals surface area contributed by atoms with Crippen molar-refractivity contribution in [1.29, 1.82) is 5.26 Å². The molecule has 0 amide bonds. The van der Waals surface area contributed by atoms with E-state index in [2.05, 4.69) is 25.2 Å². The van der Waals surface area contributed by atoms with Gasteiger partial charge in [0.15, 0.2) is 0 Å². The summed E-state index contributed by atoms with van der Waals surface area (Å²) in [6.45, 7) is 5.15. The van der Waals surface area contributed by atoms with Crippen LogP contribution in [-0.2, 0) is 6.54 Å².